The van der Waals surface area contributed by atoms with Crippen molar-refractivity contribution in [3.63, 3.8) is 0 Å². The van der Waals surface area contributed by atoms with Gasteiger partial charge in [-0.3, -0.25) is 9.59 Å². The summed E-state index contributed by atoms with van der Waals surface area (Å²) in [6, 6.07) is 0. The predicted molar refractivity (Wildman–Crippen MR) is 127 cm³/mol. The summed E-state index contributed by atoms with van der Waals surface area (Å²) in [6.45, 7) is 9.10. The van der Waals surface area contributed by atoms with Crippen LogP contribution in [0.3, 0.4) is 0 Å². The lowest BCUT2D eigenvalue weighted by atomic mass is 9.84. The highest BCUT2D eigenvalue weighted by Crippen LogP contribution is 2.30. The molecule has 0 saturated carbocycles. The standard InChI is InChI=1S/C22H36N2O4S2/c1-21(2,7-5-17-15-27-23-19(17)25)9-11-29-13-14-30-12-10-22(3,4)8-6-18-16-28-24-20(18)26/h15-16H,5-14H2,1-4H3,(H,23,25)(H,24,26). The highest BCUT2D eigenvalue weighted by Gasteiger charge is 2.20. The Bertz CT molecular complexity index is 777. The van der Waals surface area contributed by atoms with Crippen molar-refractivity contribution in [1.29, 1.82) is 0 Å². The SMILES string of the molecule is CC(C)(CCSCCSCCC(C)(C)CCc1co[nH]c1=O)CCc1co[nH]c1=O. The maximum atomic E-state index is 11.5. The zero-order chi connectivity index (χ0) is 22.0. The third-order valence-electron chi connectivity index (χ3n) is 5.65. The first-order valence-corrected chi connectivity index (χ1v) is 13.0. The van der Waals surface area contributed by atoms with Crippen molar-refractivity contribution in [1.82, 2.24) is 10.3 Å². The topological polar surface area (TPSA) is 92.0 Å². The molecule has 0 unspecified atom stereocenters. The third kappa shape index (κ3) is 9.25. The highest BCUT2D eigenvalue weighted by atomic mass is 32.2. The van der Waals surface area contributed by atoms with Crippen LogP contribution in [0, 0.1) is 10.8 Å². The van der Waals surface area contributed by atoms with Gasteiger partial charge in [0, 0.05) is 11.5 Å². The van der Waals surface area contributed by atoms with Crippen LogP contribution in [0.25, 0.3) is 0 Å². The summed E-state index contributed by atoms with van der Waals surface area (Å²) in [6.07, 6.45) is 8.88. The average Bonchev–Trinajstić information content (AvgIpc) is 3.28. The van der Waals surface area contributed by atoms with E-state index in [-0.39, 0.29) is 21.9 Å². The van der Waals surface area contributed by atoms with E-state index in [4.69, 9.17) is 9.05 Å². The van der Waals surface area contributed by atoms with Crippen LogP contribution in [0.2, 0.25) is 0 Å². The van der Waals surface area contributed by atoms with Crippen LogP contribution in [-0.2, 0) is 12.8 Å². The summed E-state index contributed by atoms with van der Waals surface area (Å²) in [5.74, 6) is 4.65. The van der Waals surface area contributed by atoms with Gasteiger partial charge in [-0.05, 0) is 60.9 Å². The van der Waals surface area contributed by atoms with Gasteiger partial charge in [-0.15, -0.1) is 0 Å². The number of hydrogen-bond donors (Lipinski definition) is 2. The third-order valence-corrected chi connectivity index (χ3v) is 7.88. The van der Waals surface area contributed by atoms with Crippen molar-refractivity contribution < 1.29 is 9.05 Å². The summed E-state index contributed by atoms with van der Waals surface area (Å²) < 4.78 is 9.70. The van der Waals surface area contributed by atoms with Crippen LogP contribution in [0.1, 0.15) is 64.5 Å². The molecule has 8 heteroatoms. The molecular formula is C22H36N2O4S2. The summed E-state index contributed by atoms with van der Waals surface area (Å²) in [4.78, 5) is 23.0. The minimum atomic E-state index is -0.101. The van der Waals surface area contributed by atoms with Gasteiger partial charge in [0.15, 0.2) is 0 Å². The Morgan fingerprint density at radius 2 is 1.10 bits per heavy atom. The van der Waals surface area contributed by atoms with Gasteiger partial charge < -0.3 is 9.05 Å². The fourth-order valence-electron chi connectivity index (χ4n) is 3.11. The first-order chi connectivity index (χ1) is 14.2. The van der Waals surface area contributed by atoms with Gasteiger partial charge >= 0.3 is 0 Å². The van der Waals surface area contributed by atoms with Gasteiger partial charge in [-0.25, -0.2) is 0 Å². The molecule has 0 aliphatic rings. The molecule has 2 N–H and O–H groups in total. The first-order valence-electron chi connectivity index (χ1n) is 10.6. The van der Waals surface area contributed by atoms with Crippen LogP contribution < -0.4 is 11.1 Å². The van der Waals surface area contributed by atoms with Gasteiger partial charge in [0.2, 0.25) is 0 Å². The zero-order valence-corrected chi connectivity index (χ0v) is 20.3. The second-order valence-corrected chi connectivity index (χ2v) is 11.9. The molecule has 6 nitrogen and oxygen atoms in total. The van der Waals surface area contributed by atoms with E-state index >= 15 is 0 Å². The number of rotatable bonds is 15. The average molecular weight is 457 g/mol. The molecule has 2 aromatic heterocycles. The van der Waals surface area contributed by atoms with Crippen molar-refractivity contribution in [2.45, 2.75) is 66.2 Å². The summed E-state index contributed by atoms with van der Waals surface area (Å²) >= 11 is 4.04. The van der Waals surface area contributed by atoms with Crippen molar-refractivity contribution in [2.75, 3.05) is 23.0 Å². The lowest BCUT2D eigenvalue weighted by Crippen LogP contribution is -2.16. The molecule has 2 rings (SSSR count). The summed E-state index contributed by atoms with van der Waals surface area (Å²) in [5.41, 5.74) is 1.74. The van der Waals surface area contributed by atoms with Gasteiger partial charge in [0.25, 0.3) is 11.1 Å². The van der Waals surface area contributed by atoms with Crippen LogP contribution in [-0.4, -0.2) is 33.3 Å². The van der Waals surface area contributed by atoms with Gasteiger partial charge in [0.1, 0.15) is 12.5 Å². The Balaban J connectivity index is 1.50. The number of nitrogens with one attached hydrogen (secondary N) is 2. The quantitative estimate of drug-likeness (QED) is 0.362. The molecule has 0 amide bonds. The van der Waals surface area contributed by atoms with Gasteiger partial charge in [-0.2, -0.15) is 33.8 Å². The summed E-state index contributed by atoms with van der Waals surface area (Å²) in [5, 5.41) is 4.70. The predicted octanol–water partition coefficient (Wildman–Crippen LogP) is 5.11. The van der Waals surface area contributed by atoms with Crippen LogP contribution >= 0.6 is 23.5 Å². The van der Waals surface area contributed by atoms with Crippen molar-refractivity contribution in [3.05, 3.63) is 44.4 Å². The maximum Gasteiger partial charge on any atom is 0.283 e. The Kier molecular flexibility index (Phi) is 9.94. The number of aryl methyl sites for hydroxylation is 2. The molecule has 0 saturated heterocycles. The van der Waals surface area contributed by atoms with Crippen LogP contribution in [0.15, 0.2) is 31.2 Å². The number of aromatic amines is 2. The van der Waals surface area contributed by atoms with Crippen LogP contribution in [0.5, 0.6) is 0 Å². The van der Waals surface area contributed by atoms with Gasteiger partial charge in [-0.1, -0.05) is 27.7 Å². The molecule has 2 aromatic rings. The molecule has 170 valence electrons. The Hall–Kier alpha value is -1.28. The molecular weight excluding hydrogens is 420 g/mol. The number of H-pyrrole nitrogens is 2. The molecule has 0 spiro atoms. The maximum absolute atomic E-state index is 11.5. The Morgan fingerprint density at radius 1 is 0.700 bits per heavy atom. The molecule has 0 fully saturated rings. The van der Waals surface area contributed by atoms with E-state index in [1.807, 2.05) is 23.5 Å². The molecule has 0 aromatic carbocycles. The van der Waals surface area contributed by atoms with Crippen molar-refractivity contribution in [2.24, 2.45) is 10.8 Å². The first kappa shape index (κ1) is 25.0. The van der Waals surface area contributed by atoms with E-state index in [0.29, 0.717) is 0 Å². The molecule has 0 radical (unpaired) electrons. The number of thioether (sulfide) groups is 2. The second kappa shape index (κ2) is 11.9. The largest absolute Gasteiger partial charge is 0.387 e. The Labute approximate surface area is 187 Å². The van der Waals surface area contributed by atoms with Crippen molar-refractivity contribution in [3.8, 4) is 0 Å². The molecule has 2 heterocycles. The molecule has 0 atom stereocenters. The van der Waals surface area contributed by atoms with E-state index in [1.54, 1.807) is 0 Å². The minimum absolute atomic E-state index is 0.101. The van der Waals surface area contributed by atoms with E-state index in [2.05, 4.69) is 38.0 Å². The van der Waals surface area contributed by atoms with E-state index in [9.17, 15) is 9.59 Å². The van der Waals surface area contributed by atoms with Gasteiger partial charge in [0.05, 0.1) is 11.1 Å². The number of aromatic nitrogens is 2. The van der Waals surface area contributed by atoms with E-state index < -0.39 is 0 Å². The second-order valence-electron chi connectivity index (χ2n) is 9.44. The molecule has 0 bridgehead atoms. The molecule has 0 aliphatic carbocycles. The lowest BCUT2D eigenvalue weighted by molar-refractivity contribution is 0.324. The molecule has 0 aliphatic heterocycles. The van der Waals surface area contributed by atoms with Crippen LogP contribution in [0.4, 0.5) is 0 Å². The van der Waals surface area contributed by atoms with E-state index in [1.165, 1.54) is 24.0 Å². The highest BCUT2D eigenvalue weighted by molar-refractivity contribution is 8.02. The zero-order valence-electron chi connectivity index (χ0n) is 18.7. The monoisotopic (exact) mass is 456 g/mol. The smallest absolute Gasteiger partial charge is 0.283 e. The lowest BCUT2D eigenvalue weighted by Gasteiger charge is -2.24. The fourth-order valence-corrected chi connectivity index (χ4v) is 5.85. The molecule has 30 heavy (non-hydrogen) atoms. The van der Waals surface area contributed by atoms with Crippen molar-refractivity contribution >= 4 is 23.5 Å². The normalized spacial score (nSPS) is 12.5. The number of hydrogen-bond acceptors (Lipinski definition) is 6. The Morgan fingerprint density at radius 3 is 1.43 bits per heavy atom. The summed E-state index contributed by atoms with van der Waals surface area (Å²) in [7, 11) is 0. The van der Waals surface area contributed by atoms with E-state index in [0.717, 1.165) is 61.2 Å². The fraction of sp³-hybridized carbons (Fsp3) is 0.727. The minimum Gasteiger partial charge on any atom is -0.387 e.